The van der Waals surface area contributed by atoms with Gasteiger partial charge in [-0.25, -0.2) is 4.79 Å². The predicted octanol–water partition coefficient (Wildman–Crippen LogP) is 3.65. The van der Waals surface area contributed by atoms with E-state index in [9.17, 15) is 27.6 Å². The molecule has 3 rings (SSSR count). The lowest BCUT2D eigenvalue weighted by atomic mass is 10.2. The van der Waals surface area contributed by atoms with Gasteiger partial charge in [0, 0.05) is 9.86 Å². The Hall–Kier alpha value is -3.54. The van der Waals surface area contributed by atoms with Gasteiger partial charge in [0.15, 0.2) is 0 Å². The quantitative estimate of drug-likeness (QED) is 0.426. The molecule has 8 nitrogen and oxygen atoms in total. The number of fused-ring (bicyclic) bond motifs is 1. The van der Waals surface area contributed by atoms with Crippen molar-refractivity contribution in [2.24, 2.45) is 0 Å². The third kappa shape index (κ3) is 6.72. The number of hydrogen-bond acceptors (Lipinski definition) is 4. The first-order valence-electron chi connectivity index (χ1n) is 9.52. The molecule has 0 unspecified atom stereocenters. The Kier molecular flexibility index (Phi) is 7.59. The standard InChI is InChI=1S/C21H18BrF3N4O4/c22-15-7-4-8-16-14(15)9-17(29(16)12-21(23,24)25)19(31)28-27-18(30)10-26-20(32)33-11-13-5-2-1-3-6-13/h1-9H,10-12H2,(H,26,32)(H,27,30)(H,28,31). The number of aromatic nitrogens is 1. The fourth-order valence-electron chi connectivity index (χ4n) is 2.95. The molecule has 0 aliphatic rings. The van der Waals surface area contributed by atoms with Crippen LogP contribution in [-0.4, -0.2) is 35.2 Å². The average molecular weight is 527 g/mol. The summed E-state index contributed by atoms with van der Waals surface area (Å²) in [5.41, 5.74) is 4.75. The number of alkyl halides is 3. The highest BCUT2D eigenvalue weighted by molar-refractivity contribution is 9.10. The summed E-state index contributed by atoms with van der Waals surface area (Å²) in [4.78, 5) is 36.1. The highest BCUT2D eigenvalue weighted by atomic mass is 79.9. The number of alkyl carbamates (subject to hydrolysis) is 1. The van der Waals surface area contributed by atoms with Crippen LogP contribution in [0.2, 0.25) is 0 Å². The Balaban J connectivity index is 1.56. The van der Waals surface area contributed by atoms with Gasteiger partial charge in [-0.2, -0.15) is 13.2 Å². The van der Waals surface area contributed by atoms with Crippen LogP contribution in [0.25, 0.3) is 10.9 Å². The number of hydrazine groups is 1. The maximum absolute atomic E-state index is 13.1. The minimum absolute atomic E-state index is 0.00431. The summed E-state index contributed by atoms with van der Waals surface area (Å²) in [6.45, 7) is -1.91. The van der Waals surface area contributed by atoms with Crippen molar-refractivity contribution >= 4 is 44.7 Å². The molecule has 0 aliphatic heterocycles. The summed E-state index contributed by atoms with van der Waals surface area (Å²) in [7, 11) is 0. The molecule has 1 heterocycles. The fourth-order valence-corrected chi connectivity index (χ4v) is 3.42. The van der Waals surface area contributed by atoms with E-state index in [1.807, 2.05) is 11.5 Å². The van der Waals surface area contributed by atoms with Gasteiger partial charge in [0.05, 0.1) is 5.52 Å². The molecule has 3 amide bonds. The van der Waals surface area contributed by atoms with Gasteiger partial charge in [-0.15, -0.1) is 0 Å². The SMILES string of the molecule is O=C(CNC(=O)OCc1ccccc1)NNC(=O)c1cc2c(Br)cccc2n1CC(F)(F)F. The molecule has 0 bridgehead atoms. The first-order valence-corrected chi connectivity index (χ1v) is 10.3. The second-order valence-electron chi connectivity index (χ2n) is 6.82. The van der Waals surface area contributed by atoms with E-state index in [4.69, 9.17) is 4.74 Å². The molecule has 3 N–H and O–H groups in total. The molecule has 2 aromatic carbocycles. The van der Waals surface area contributed by atoms with Crippen LogP contribution in [0, 0.1) is 0 Å². The van der Waals surface area contributed by atoms with Crippen LogP contribution in [0.4, 0.5) is 18.0 Å². The Bertz CT molecular complexity index is 1170. The maximum Gasteiger partial charge on any atom is 0.407 e. The first-order chi connectivity index (χ1) is 15.6. The van der Waals surface area contributed by atoms with Crippen molar-refractivity contribution in [3.8, 4) is 0 Å². The number of rotatable bonds is 6. The van der Waals surface area contributed by atoms with Crippen LogP contribution in [-0.2, 0) is 22.7 Å². The average Bonchev–Trinajstić information content (AvgIpc) is 3.13. The molecule has 1 aromatic heterocycles. The summed E-state index contributed by atoms with van der Waals surface area (Å²) in [6, 6.07) is 14.8. The van der Waals surface area contributed by atoms with Crippen LogP contribution in [0.5, 0.6) is 0 Å². The maximum atomic E-state index is 13.1. The molecular formula is C21H18BrF3N4O4. The van der Waals surface area contributed by atoms with E-state index in [-0.39, 0.29) is 17.8 Å². The number of benzene rings is 2. The van der Waals surface area contributed by atoms with Crippen molar-refractivity contribution in [3.63, 3.8) is 0 Å². The Morgan fingerprint density at radius 1 is 1.00 bits per heavy atom. The largest absolute Gasteiger partial charge is 0.445 e. The second-order valence-corrected chi connectivity index (χ2v) is 7.68. The molecule has 0 fully saturated rings. The smallest absolute Gasteiger partial charge is 0.407 e. The normalized spacial score (nSPS) is 11.2. The molecule has 0 aliphatic carbocycles. The number of halogens is 4. The van der Waals surface area contributed by atoms with Gasteiger partial charge in [0.2, 0.25) is 0 Å². The second kappa shape index (κ2) is 10.4. The summed E-state index contributed by atoms with van der Waals surface area (Å²) >= 11 is 3.25. The zero-order valence-electron chi connectivity index (χ0n) is 16.9. The van der Waals surface area contributed by atoms with Crippen molar-refractivity contribution in [2.45, 2.75) is 19.3 Å². The van der Waals surface area contributed by atoms with Crippen LogP contribution >= 0.6 is 15.9 Å². The van der Waals surface area contributed by atoms with Crippen LogP contribution in [0.15, 0.2) is 59.1 Å². The van der Waals surface area contributed by atoms with E-state index < -0.39 is 37.2 Å². The van der Waals surface area contributed by atoms with Gasteiger partial charge in [-0.05, 0) is 23.8 Å². The summed E-state index contributed by atoms with van der Waals surface area (Å²) in [5, 5.41) is 2.61. The minimum Gasteiger partial charge on any atom is -0.445 e. The van der Waals surface area contributed by atoms with Crippen LogP contribution < -0.4 is 16.2 Å². The topological polar surface area (TPSA) is 101 Å². The molecule has 0 saturated heterocycles. The highest BCUT2D eigenvalue weighted by Gasteiger charge is 2.31. The molecule has 33 heavy (non-hydrogen) atoms. The minimum atomic E-state index is -4.57. The van der Waals surface area contributed by atoms with Gasteiger partial charge in [0.25, 0.3) is 11.8 Å². The molecule has 0 atom stereocenters. The monoisotopic (exact) mass is 526 g/mol. The van der Waals surface area contributed by atoms with Gasteiger partial charge in [-0.3, -0.25) is 20.4 Å². The molecule has 12 heteroatoms. The Labute approximate surface area is 194 Å². The van der Waals surface area contributed by atoms with Crippen molar-refractivity contribution in [3.05, 3.63) is 70.3 Å². The van der Waals surface area contributed by atoms with Gasteiger partial charge >= 0.3 is 12.3 Å². The Morgan fingerprint density at radius 3 is 2.42 bits per heavy atom. The number of ether oxygens (including phenoxy) is 1. The lowest BCUT2D eigenvalue weighted by Crippen LogP contribution is -2.47. The summed E-state index contributed by atoms with van der Waals surface area (Å²) in [5.74, 6) is -1.76. The van der Waals surface area contributed by atoms with Crippen molar-refractivity contribution < 1.29 is 32.3 Å². The van der Waals surface area contributed by atoms with Gasteiger partial charge in [0.1, 0.15) is 25.4 Å². The number of nitrogens with zero attached hydrogens (tertiary/aromatic N) is 1. The van der Waals surface area contributed by atoms with Crippen LogP contribution in [0.1, 0.15) is 16.1 Å². The molecule has 174 valence electrons. The first kappa shape index (κ1) is 24.1. The Morgan fingerprint density at radius 2 is 1.73 bits per heavy atom. The van der Waals surface area contributed by atoms with Crippen molar-refractivity contribution in [1.29, 1.82) is 0 Å². The lowest BCUT2D eigenvalue weighted by molar-refractivity contribution is -0.140. The van der Waals surface area contributed by atoms with E-state index in [0.717, 1.165) is 10.1 Å². The number of hydrogen-bond donors (Lipinski definition) is 3. The van der Waals surface area contributed by atoms with E-state index in [1.54, 1.807) is 36.4 Å². The third-order valence-electron chi connectivity index (χ3n) is 4.38. The van der Waals surface area contributed by atoms with Crippen molar-refractivity contribution in [2.75, 3.05) is 6.54 Å². The van der Waals surface area contributed by atoms with Gasteiger partial charge < -0.3 is 14.6 Å². The lowest BCUT2D eigenvalue weighted by Gasteiger charge is -2.14. The van der Waals surface area contributed by atoms with E-state index >= 15 is 0 Å². The number of nitrogens with one attached hydrogen (secondary N) is 3. The molecule has 0 radical (unpaired) electrons. The van der Waals surface area contributed by atoms with E-state index in [0.29, 0.717) is 9.86 Å². The number of amides is 3. The zero-order valence-corrected chi connectivity index (χ0v) is 18.5. The summed E-state index contributed by atoms with van der Waals surface area (Å²) in [6.07, 6.45) is -5.42. The predicted molar refractivity (Wildman–Crippen MR) is 116 cm³/mol. The van der Waals surface area contributed by atoms with E-state index in [1.165, 1.54) is 12.1 Å². The molecule has 0 spiro atoms. The van der Waals surface area contributed by atoms with Crippen molar-refractivity contribution in [1.82, 2.24) is 20.7 Å². The fraction of sp³-hybridized carbons (Fsp3) is 0.190. The molecule has 3 aromatic rings. The number of carbonyl (C=O) groups is 3. The van der Waals surface area contributed by atoms with E-state index in [2.05, 4.69) is 26.7 Å². The summed E-state index contributed by atoms with van der Waals surface area (Å²) < 4.78 is 45.5. The third-order valence-corrected chi connectivity index (χ3v) is 5.08. The highest BCUT2D eigenvalue weighted by Crippen LogP contribution is 2.30. The van der Waals surface area contributed by atoms with Gasteiger partial charge in [-0.1, -0.05) is 52.3 Å². The molecule has 0 saturated carbocycles. The number of carbonyl (C=O) groups excluding carboxylic acids is 3. The van der Waals surface area contributed by atoms with Crippen LogP contribution in [0.3, 0.4) is 0 Å². The zero-order chi connectivity index (χ0) is 24.0. The molecular weight excluding hydrogens is 509 g/mol.